The van der Waals surface area contributed by atoms with Gasteiger partial charge in [-0.15, -0.1) is 0 Å². The summed E-state index contributed by atoms with van der Waals surface area (Å²) >= 11 is 10.4. The van der Waals surface area contributed by atoms with Gasteiger partial charge in [0.05, 0.1) is 16.5 Å². The van der Waals surface area contributed by atoms with Crippen LogP contribution in [0.3, 0.4) is 0 Å². The normalized spacial score (nSPS) is 14.8. The zero-order valence-electron chi connectivity index (χ0n) is 18.7. The van der Waals surface area contributed by atoms with Crippen LogP contribution in [0.2, 0.25) is 5.02 Å². The molecule has 36 heavy (non-hydrogen) atoms. The number of carbonyl (C=O) groups is 2. The highest BCUT2D eigenvalue weighted by molar-refractivity contribution is 9.10. The van der Waals surface area contributed by atoms with E-state index in [0.29, 0.717) is 11.3 Å². The lowest BCUT2D eigenvalue weighted by atomic mass is 10.0. The van der Waals surface area contributed by atoms with Crippen molar-refractivity contribution in [3.63, 3.8) is 0 Å². The number of carbonyl (C=O) groups excluding carboxylic acids is 2. The number of benzene rings is 4. The van der Waals surface area contributed by atoms with E-state index in [1.165, 1.54) is 17.0 Å². The first-order valence-corrected chi connectivity index (χ1v) is 13.0. The molecule has 0 aliphatic carbocycles. The van der Waals surface area contributed by atoms with Gasteiger partial charge in [-0.1, -0.05) is 76.1 Å². The van der Waals surface area contributed by atoms with Crippen molar-refractivity contribution in [3.05, 3.63) is 116 Å². The van der Waals surface area contributed by atoms with Crippen LogP contribution in [-0.2, 0) is 17.9 Å². The molecule has 0 atom stereocenters. The molecule has 1 aliphatic heterocycles. The molecular formula is C28H18BrClFNO3S. The van der Waals surface area contributed by atoms with Gasteiger partial charge in [0, 0.05) is 15.6 Å². The molecule has 0 saturated carbocycles. The zero-order chi connectivity index (χ0) is 25.2. The fraction of sp³-hybridized carbons (Fsp3) is 0.0714. The average Bonchev–Trinajstić information content (AvgIpc) is 3.12. The predicted octanol–water partition coefficient (Wildman–Crippen LogP) is 8.21. The van der Waals surface area contributed by atoms with Crippen LogP contribution in [0, 0.1) is 5.82 Å². The van der Waals surface area contributed by atoms with Crippen LogP contribution in [0.4, 0.5) is 9.18 Å². The van der Waals surface area contributed by atoms with Crippen molar-refractivity contribution in [1.82, 2.24) is 4.90 Å². The van der Waals surface area contributed by atoms with Crippen molar-refractivity contribution in [2.24, 2.45) is 0 Å². The van der Waals surface area contributed by atoms with E-state index in [-0.39, 0.29) is 39.8 Å². The van der Waals surface area contributed by atoms with Crippen molar-refractivity contribution in [2.45, 2.75) is 13.2 Å². The molecule has 180 valence electrons. The fourth-order valence-corrected chi connectivity index (χ4v) is 5.39. The van der Waals surface area contributed by atoms with E-state index in [2.05, 4.69) is 15.9 Å². The topological polar surface area (TPSA) is 46.6 Å². The van der Waals surface area contributed by atoms with Crippen LogP contribution in [0.25, 0.3) is 16.8 Å². The van der Waals surface area contributed by atoms with Crippen molar-refractivity contribution in [1.29, 1.82) is 0 Å². The first-order chi connectivity index (χ1) is 17.4. The van der Waals surface area contributed by atoms with Gasteiger partial charge >= 0.3 is 0 Å². The molecule has 4 nitrogen and oxygen atoms in total. The van der Waals surface area contributed by atoms with E-state index in [1.54, 1.807) is 30.3 Å². The molecule has 0 radical (unpaired) electrons. The molecule has 4 aromatic rings. The van der Waals surface area contributed by atoms with Gasteiger partial charge < -0.3 is 4.74 Å². The number of fused-ring (bicyclic) bond motifs is 1. The Morgan fingerprint density at radius 1 is 1.00 bits per heavy atom. The van der Waals surface area contributed by atoms with Gasteiger partial charge in [-0.05, 0) is 64.5 Å². The second-order valence-corrected chi connectivity index (χ2v) is 10.4. The fourth-order valence-electron chi connectivity index (χ4n) is 3.96. The minimum Gasteiger partial charge on any atom is -0.488 e. The maximum absolute atomic E-state index is 14.2. The Morgan fingerprint density at radius 2 is 1.78 bits per heavy atom. The largest absolute Gasteiger partial charge is 0.488 e. The molecular weight excluding hydrogens is 565 g/mol. The smallest absolute Gasteiger partial charge is 0.293 e. The Kier molecular flexibility index (Phi) is 7.14. The number of hydrogen-bond acceptors (Lipinski definition) is 4. The number of rotatable bonds is 6. The van der Waals surface area contributed by atoms with Gasteiger partial charge in [-0.3, -0.25) is 14.5 Å². The summed E-state index contributed by atoms with van der Waals surface area (Å²) in [5.41, 5.74) is 1.71. The number of hydrogen-bond donors (Lipinski definition) is 0. The van der Waals surface area contributed by atoms with Gasteiger partial charge in [-0.2, -0.15) is 0 Å². The number of nitrogens with zero attached hydrogens (tertiary/aromatic N) is 1. The third-order valence-electron chi connectivity index (χ3n) is 5.77. The van der Waals surface area contributed by atoms with Crippen molar-refractivity contribution in [3.8, 4) is 5.75 Å². The molecule has 5 rings (SSSR count). The maximum atomic E-state index is 14.2. The molecule has 0 spiro atoms. The number of imide groups is 1. The minimum absolute atomic E-state index is 0.0868. The van der Waals surface area contributed by atoms with Gasteiger partial charge in [0.15, 0.2) is 0 Å². The third kappa shape index (κ3) is 5.05. The molecule has 1 fully saturated rings. The van der Waals surface area contributed by atoms with Crippen LogP contribution >= 0.6 is 39.3 Å². The molecule has 1 aliphatic rings. The summed E-state index contributed by atoms with van der Waals surface area (Å²) < 4.78 is 20.8. The minimum atomic E-state index is -0.462. The first-order valence-electron chi connectivity index (χ1n) is 11.0. The molecule has 0 unspecified atom stereocenters. The maximum Gasteiger partial charge on any atom is 0.293 e. The van der Waals surface area contributed by atoms with Crippen LogP contribution in [0.1, 0.15) is 16.7 Å². The molecule has 4 aromatic carbocycles. The van der Waals surface area contributed by atoms with Gasteiger partial charge in [0.25, 0.3) is 11.1 Å². The standard InChI is InChI=1S/C28H18BrClFNO3S/c29-20-11-12-25(35-16-22-23(30)9-4-10-24(22)31)19(13-20)14-26-27(33)32(28(34)36-26)15-18-7-3-6-17-5-1-2-8-21(17)18/h1-14H,15-16H2/b26-14-. The van der Waals surface area contributed by atoms with Crippen molar-refractivity contribution < 1.29 is 18.7 Å². The lowest BCUT2D eigenvalue weighted by molar-refractivity contribution is -0.123. The highest BCUT2D eigenvalue weighted by Gasteiger charge is 2.35. The van der Waals surface area contributed by atoms with E-state index >= 15 is 0 Å². The summed E-state index contributed by atoms with van der Waals surface area (Å²) in [6.45, 7) is 0.0908. The number of halogens is 3. The highest BCUT2D eigenvalue weighted by Crippen LogP contribution is 2.36. The Morgan fingerprint density at radius 3 is 2.61 bits per heavy atom. The summed E-state index contributed by atoms with van der Waals surface area (Å²) in [4.78, 5) is 27.5. The SMILES string of the molecule is O=C1S/C(=C\c2cc(Br)ccc2OCc2c(F)cccc2Cl)C(=O)N1Cc1cccc2ccccc12. The third-order valence-corrected chi connectivity index (χ3v) is 7.53. The van der Waals surface area contributed by atoms with Crippen LogP contribution in [0.15, 0.2) is 88.2 Å². The van der Waals surface area contributed by atoms with Crippen molar-refractivity contribution in [2.75, 3.05) is 0 Å². The Hall–Kier alpha value is -3.13. The van der Waals surface area contributed by atoms with E-state index in [9.17, 15) is 14.0 Å². The van der Waals surface area contributed by atoms with E-state index in [4.69, 9.17) is 16.3 Å². The van der Waals surface area contributed by atoms with E-state index in [1.807, 2.05) is 42.5 Å². The summed E-state index contributed by atoms with van der Waals surface area (Å²) in [7, 11) is 0. The van der Waals surface area contributed by atoms with Gasteiger partial charge in [-0.25, -0.2) is 4.39 Å². The van der Waals surface area contributed by atoms with Crippen LogP contribution in [-0.4, -0.2) is 16.0 Å². The van der Waals surface area contributed by atoms with Crippen molar-refractivity contribution >= 4 is 67.3 Å². The molecule has 0 aromatic heterocycles. The average molecular weight is 583 g/mol. The summed E-state index contributed by atoms with van der Waals surface area (Å²) in [6, 6.07) is 23.4. The van der Waals surface area contributed by atoms with Crippen LogP contribution in [0.5, 0.6) is 5.75 Å². The predicted molar refractivity (Wildman–Crippen MR) is 145 cm³/mol. The molecule has 1 heterocycles. The molecule has 1 saturated heterocycles. The lowest BCUT2D eigenvalue weighted by Crippen LogP contribution is -2.27. The number of amides is 2. The summed E-state index contributed by atoms with van der Waals surface area (Å²) in [6.07, 6.45) is 1.62. The molecule has 0 N–H and O–H groups in total. The summed E-state index contributed by atoms with van der Waals surface area (Å²) in [5.74, 6) is -0.407. The van der Waals surface area contributed by atoms with E-state index < -0.39 is 5.82 Å². The molecule has 0 bridgehead atoms. The molecule has 2 amide bonds. The van der Waals surface area contributed by atoms with Gasteiger partial charge in [0.2, 0.25) is 0 Å². The van der Waals surface area contributed by atoms with Gasteiger partial charge in [0.1, 0.15) is 18.2 Å². The second kappa shape index (κ2) is 10.5. The second-order valence-electron chi connectivity index (χ2n) is 8.08. The summed E-state index contributed by atoms with van der Waals surface area (Å²) in [5, 5.41) is 1.97. The zero-order valence-corrected chi connectivity index (χ0v) is 21.9. The van der Waals surface area contributed by atoms with E-state index in [0.717, 1.165) is 32.6 Å². The number of thioether (sulfide) groups is 1. The highest BCUT2D eigenvalue weighted by atomic mass is 79.9. The Balaban J connectivity index is 1.41. The Labute approximate surface area is 224 Å². The monoisotopic (exact) mass is 581 g/mol. The number of ether oxygens (including phenoxy) is 1. The lowest BCUT2D eigenvalue weighted by Gasteiger charge is -2.14. The Bertz CT molecular complexity index is 1520. The molecule has 8 heteroatoms. The quantitative estimate of drug-likeness (QED) is 0.215. The van der Waals surface area contributed by atoms with Crippen LogP contribution < -0.4 is 4.74 Å². The first kappa shape index (κ1) is 24.6.